The molecule has 0 saturated heterocycles. The number of hydrogen-bond donors (Lipinski definition) is 1. The minimum atomic E-state index is -0.301. The normalized spacial score (nSPS) is 15.5. The number of rotatable bonds is 5. The molecular weight excluding hydrogens is 350 g/mol. The van der Waals surface area contributed by atoms with Gasteiger partial charge < -0.3 is 19.3 Å². The topological polar surface area (TPSA) is 112 Å². The van der Waals surface area contributed by atoms with Gasteiger partial charge in [-0.15, -0.1) is 0 Å². The van der Waals surface area contributed by atoms with E-state index in [1.807, 2.05) is 18.2 Å². The number of nitrogens with zero attached hydrogens (tertiary/aromatic N) is 4. The van der Waals surface area contributed by atoms with E-state index in [1.165, 1.54) is 0 Å². The van der Waals surface area contributed by atoms with E-state index in [1.54, 1.807) is 25.6 Å². The quantitative estimate of drug-likeness (QED) is 0.720. The number of carbonyl (C=O) groups is 1. The SMILES string of the molecule is COc1cccc2c1OC[C@H](C(=O)NCc1nc(-c3ncccn3)no1)C2. The summed E-state index contributed by atoms with van der Waals surface area (Å²) in [5.74, 6) is 1.86. The first-order chi connectivity index (χ1) is 13.2. The minimum absolute atomic E-state index is 0.125. The predicted octanol–water partition coefficient (Wildman–Crippen LogP) is 1.40. The molecule has 4 rings (SSSR count). The maximum atomic E-state index is 12.5. The number of hydrogen-bond acceptors (Lipinski definition) is 8. The Kier molecular flexibility index (Phi) is 4.65. The molecular formula is C18H17N5O4. The molecule has 3 aromatic rings. The van der Waals surface area contributed by atoms with Crippen LogP contribution >= 0.6 is 0 Å². The zero-order chi connectivity index (χ0) is 18.6. The van der Waals surface area contributed by atoms with E-state index in [4.69, 9.17) is 14.0 Å². The minimum Gasteiger partial charge on any atom is -0.493 e. The number of amides is 1. The van der Waals surface area contributed by atoms with Gasteiger partial charge in [0.15, 0.2) is 11.5 Å². The molecule has 1 atom stereocenters. The summed E-state index contributed by atoms with van der Waals surface area (Å²) >= 11 is 0. The molecule has 0 bridgehead atoms. The molecule has 3 heterocycles. The van der Waals surface area contributed by atoms with Crippen molar-refractivity contribution in [2.24, 2.45) is 5.92 Å². The lowest BCUT2D eigenvalue weighted by molar-refractivity contribution is -0.126. The summed E-state index contributed by atoms with van der Waals surface area (Å²) in [6.07, 6.45) is 3.76. The van der Waals surface area contributed by atoms with Crippen LogP contribution in [0.15, 0.2) is 41.2 Å². The van der Waals surface area contributed by atoms with E-state index < -0.39 is 0 Å². The molecule has 1 aromatic carbocycles. The Morgan fingerprint density at radius 1 is 1.26 bits per heavy atom. The molecule has 0 spiro atoms. The van der Waals surface area contributed by atoms with Crippen molar-refractivity contribution in [1.29, 1.82) is 0 Å². The van der Waals surface area contributed by atoms with Crippen LogP contribution in [0.25, 0.3) is 11.6 Å². The summed E-state index contributed by atoms with van der Waals surface area (Å²) in [5, 5.41) is 6.63. The fraction of sp³-hybridized carbons (Fsp3) is 0.278. The van der Waals surface area contributed by atoms with Gasteiger partial charge in [-0.3, -0.25) is 4.79 Å². The van der Waals surface area contributed by atoms with Crippen LogP contribution in [-0.2, 0) is 17.8 Å². The Balaban J connectivity index is 1.37. The zero-order valence-electron chi connectivity index (χ0n) is 14.6. The van der Waals surface area contributed by atoms with Gasteiger partial charge in [-0.1, -0.05) is 17.3 Å². The van der Waals surface area contributed by atoms with Crippen LogP contribution in [-0.4, -0.2) is 39.7 Å². The fourth-order valence-electron chi connectivity index (χ4n) is 2.86. The molecule has 1 aliphatic heterocycles. The second-order valence-corrected chi connectivity index (χ2v) is 5.96. The molecule has 138 valence electrons. The highest BCUT2D eigenvalue weighted by atomic mass is 16.5. The van der Waals surface area contributed by atoms with Crippen LogP contribution in [0, 0.1) is 5.92 Å². The van der Waals surface area contributed by atoms with Crippen LogP contribution in [0.3, 0.4) is 0 Å². The highest BCUT2D eigenvalue weighted by Crippen LogP contribution is 2.36. The first kappa shape index (κ1) is 17.0. The molecule has 0 radical (unpaired) electrons. The van der Waals surface area contributed by atoms with Gasteiger partial charge in [0, 0.05) is 12.4 Å². The van der Waals surface area contributed by atoms with Crippen molar-refractivity contribution in [3.05, 3.63) is 48.1 Å². The number of nitrogens with one attached hydrogen (secondary N) is 1. The second kappa shape index (κ2) is 7.40. The molecule has 1 aliphatic rings. The van der Waals surface area contributed by atoms with Gasteiger partial charge in [-0.05, 0) is 24.1 Å². The lowest BCUT2D eigenvalue weighted by atomic mass is 9.95. The van der Waals surface area contributed by atoms with Crippen molar-refractivity contribution in [3.8, 4) is 23.1 Å². The van der Waals surface area contributed by atoms with Crippen molar-refractivity contribution in [1.82, 2.24) is 25.4 Å². The monoisotopic (exact) mass is 367 g/mol. The third-order valence-electron chi connectivity index (χ3n) is 4.19. The zero-order valence-corrected chi connectivity index (χ0v) is 14.6. The van der Waals surface area contributed by atoms with E-state index in [0.717, 1.165) is 5.56 Å². The summed E-state index contributed by atoms with van der Waals surface area (Å²) in [6, 6.07) is 7.35. The third-order valence-corrected chi connectivity index (χ3v) is 4.19. The fourth-order valence-corrected chi connectivity index (χ4v) is 2.86. The summed E-state index contributed by atoms with van der Waals surface area (Å²) in [5.41, 5.74) is 0.946. The van der Waals surface area contributed by atoms with E-state index in [-0.39, 0.29) is 36.7 Å². The van der Waals surface area contributed by atoms with Crippen molar-refractivity contribution >= 4 is 5.91 Å². The highest BCUT2D eigenvalue weighted by Gasteiger charge is 2.28. The maximum Gasteiger partial charge on any atom is 0.246 e. The lowest BCUT2D eigenvalue weighted by Gasteiger charge is -2.25. The van der Waals surface area contributed by atoms with Gasteiger partial charge in [0.25, 0.3) is 0 Å². The number of carbonyl (C=O) groups excluding carboxylic acids is 1. The van der Waals surface area contributed by atoms with Crippen LogP contribution in [0.2, 0.25) is 0 Å². The van der Waals surface area contributed by atoms with Crippen LogP contribution in [0.4, 0.5) is 0 Å². The van der Waals surface area contributed by atoms with Gasteiger partial charge in [-0.2, -0.15) is 4.98 Å². The van der Waals surface area contributed by atoms with Gasteiger partial charge in [0.2, 0.25) is 23.4 Å². The molecule has 1 amide bonds. The van der Waals surface area contributed by atoms with Gasteiger partial charge in [0.05, 0.1) is 19.6 Å². The van der Waals surface area contributed by atoms with Crippen LogP contribution in [0.1, 0.15) is 11.5 Å². The summed E-state index contributed by atoms with van der Waals surface area (Å²) in [7, 11) is 1.59. The molecule has 2 aromatic heterocycles. The number of benzene rings is 1. The molecule has 0 aliphatic carbocycles. The maximum absolute atomic E-state index is 12.5. The average Bonchev–Trinajstić information content (AvgIpc) is 3.21. The smallest absolute Gasteiger partial charge is 0.246 e. The average molecular weight is 367 g/mol. The Labute approximate surface area is 154 Å². The van der Waals surface area contributed by atoms with E-state index in [2.05, 4.69) is 25.4 Å². The molecule has 27 heavy (non-hydrogen) atoms. The number of fused-ring (bicyclic) bond motifs is 1. The van der Waals surface area contributed by atoms with Gasteiger partial charge in [0.1, 0.15) is 6.61 Å². The Hall–Kier alpha value is -3.49. The Bertz CT molecular complexity index is 944. The van der Waals surface area contributed by atoms with E-state index in [0.29, 0.717) is 23.7 Å². The first-order valence-corrected chi connectivity index (χ1v) is 8.41. The van der Waals surface area contributed by atoms with Crippen molar-refractivity contribution in [2.75, 3.05) is 13.7 Å². The molecule has 0 unspecified atom stereocenters. The Morgan fingerprint density at radius 2 is 2.11 bits per heavy atom. The van der Waals surface area contributed by atoms with Gasteiger partial charge >= 0.3 is 0 Å². The third kappa shape index (κ3) is 3.57. The Morgan fingerprint density at radius 3 is 2.93 bits per heavy atom. The first-order valence-electron chi connectivity index (χ1n) is 8.41. The summed E-state index contributed by atoms with van der Waals surface area (Å²) < 4.78 is 16.2. The predicted molar refractivity (Wildman–Crippen MR) is 92.9 cm³/mol. The van der Waals surface area contributed by atoms with E-state index >= 15 is 0 Å². The summed E-state index contributed by atoms with van der Waals surface area (Å²) in [6.45, 7) is 0.409. The summed E-state index contributed by atoms with van der Waals surface area (Å²) in [4.78, 5) is 24.8. The molecule has 1 N–H and O–H groups in total. The molecule has 9 heteroatoms. The van der Waals surface area contributed by atoms with Crippen molar-refractivity contribution < 1.29 is 18.8 Å². The molecule has 9 nitrogen and oxygen atoms in total. The largest absolute Gasteiger partial charge is 0.493 e. The van der Waals surface area contributed by atoms with Crippen molar-refractivity contribution in [3.63, 3.8) is 0 Å². The number of para-hydroxylation sites is 1. The number of ether oxygens (including phenoxy) is 2. The second-order valence-electron chi connectivity index (χ2n) is 5.96. The standard InChI is InChI=1S/C18H17N5O4/c1-25-13-5-2-4-11-8-12(10-26-15(11)13)18(24)21-9-14-22-17(23-27-14)16-19-6-3-7-20-16/h2-7,12H,8-10H2,1H3,(H,21,24)/t12-/m1/s1. The van der Waals surface area contributed by atoms with Crippen LogP contribution < -0.4 is 14.8 Å². The molecule has 0 fully saturated rings. The van der Waals surface area contributed by atoms with Crippen LogP contribution in [0.5, 0.6) is 11.5 Å². The van der Waals surface area contributed by atoms with E-state index in [9.17, 15) is 4.79 Å². The molecule has 0 saturated carbocycles. The lowest BCUT2D eigenvalue weighted by Crippen LogP contribution is -2.37. The van der Waals surface area contributed by atoms with Crippen molar-refractivity contribution in [2.45, 2.75) is 13.0 Å². The number of aromatic nitrogens is 4. The van der Waals surface area contributed by atoms with Gasteiger partial charge in [-0.25, -0.2) is 9.97 Å². The highest BCUT2D eigenvalue weighted by molar-refractivity contribution is 5.79. The number of methoxy groups -OCH3 is 1.